The van der Waals surface area contributed by atoms with Gasteiger partial charge in [0.05, 0.1) is 5.52 Å². The molecule has 3 nitrogen and oxygen atoms in total. The molecular weight excluding hydrogens is 270 g/mol. The second kappa shape index (κ2) is 4.90. The van der Waals surface area contributed by atoms with Crippen LogP contribution in [0.5, 0.6) is 0 Å². The third kappa shape index (κ3) is 2.25. The number of aromatic nitrogens is 1. The summed E-state index contributed by atoms with van der Waals surface area (Å²) in [4.78, 5) is 4.36. The van der Waals surface area contributed by atoms with E-state index in [0.717, 1.165) is 52.6 Å². The maximum atomic E-state index is 6.00. The average molecular weight is 288 g/mol. The lowest BCUT2D eigenvalue weighted by Gasteiger charge is -2.26. The van der Waals surface area contributed by atoms with Crippen LogP contribution in [0.3, 0.4) is 0 Å². The third-order valence-electron chi connectivity index (χ3n) is 4.60. The second-order valence-electron chi connectivity index (χ2n) is 5.90. The molecule has 1 heterocycles. The molecule has 2 fully saturated rings. The number of rotatable bonds is 5. The molecule has 0 saturated heterocycles. The number of nitrogens with one attached hydrogen (secondary N) is 2. The standard InChI is InChI=1S/C16H18ClN3/c17-11-1-2-12-14(3-4-18-16(12)9-11)19-5-6-20-15-8-10-7-13(10)15/h1-4,9-10,13,15,20H,5-8H2,(H,18,19)/t10-,13-,15?/m1/s1. The summed E-state index contributed by atoms with van der Waals surface area (Å²) in [6, 6.07) is 8.66. The number of nitrogens with zero attached hydrogens (tertiary/aromatic N) is 1. The summed E-state index contributed by atoms with van der Waals surface area (Å²) in [7, 11) is 0. The molecule has 4 heteroatoms. The maximum absolute atomic E-state index is 6.00. The van der Waals surface area contributed by atoms with Crippen LogP contribution >= 0.6 is 11.6 Å². The largest absolute Gasteiger partial charge is 0.383 e. The van der Waals surface area contributed by atoms with Gasteiger partial charge in [0.2, 0.25) is 0 Å². The molecule has 2 N–H and O–H groups in total. The van der Waals surface area contributed by atoms with Crippen molar-refractivity contribution in [2.24, 2.45) is 11.8 Å². The van der Waals surface area contributed by atoms with Gasteiger partial charge in [-0.1, -0.05) is 11.6 Å². The van der Waals surface area contributed by atoms with E-state index in [2.05, 4.69) is 15.6 Å². The van der Waals surface area contributed by atoms with E-state index in [0.29, 0.717) is 0 Å². The predicted octanol–water partition coefficient (Wildman–Crippen LogP) is 3.30. The molecule has 2 saturated carbocycles. The Bertz CT molecular complexity index is 643. The van der Waals surface area contributed by atoms with Gasteiger partial charge in [-0.05, 0) is 48.9 Å². The molecule has 2 aromatic rings. The highest BCUT2D eigenvalue weighted by Gasteiger charge is 2.52. The van der Waals surface area contributed by atoms with Gasteiger partial charge in [-0.25, -0.2) is 0 Å². The first-order chi connectivity index (χ1) is 9.81. The summed E-state index contributed by atoms with van der Waals surface area (Å²) >= 11 is 6.00. The Hall–Kier alpha value is -1.32. The minimum atomic E-state index is 0.729. The van der Waals surface area contributed by atoms with Crippen molar-refractivity contribution in [2.45, 2.75) is 18.9 Å². The van der Waals surface area contributed by atoms with Crippen LogP contribution in [0.4, 0.5) is 5.69 Å². The second-order valence-corrected chi connectivity index (χ2v) is 6.34. The summed E-state index contributed by atoms with van der Waals surface area (Å²) in [5.41, 5.74) is 2.07. The van der Waals surface area contributed by atoms with E-state index in [4.69, 9.17) is 11.6 Å². The van der Waals surface area contributed by atoms with Gasteiger partial charge >= 0.3 is 0 Å². The molecule has 1 aromatic carbocycles. The molecular formula is C16H18ClN3. The summed E-state index contributed by atoms with van der Waals surface area (Å²) in [5, 5.41) is 8.99. The van der Waals surface area contributed by atoms with Crippen LogP contribution in [-0.4, -0.2) is 24.1 Å². The number of pyridine rings is 1. The van der Waals surface area contributed by atoms with E-state index in [9.17, 15) is 0 Å². The van der Waals surface area contributed by atoms with Crippen molar-refractivity contribution in [1.29, 1.82) is 0 Å². The van der Waals surface area contributed by atoms with E-state index >= 15 is 0 Å². The van der Waals surface area contributed by atoms with Crippen molar-refractivity contribution >= 4 is 28.2 Å². The molecule has 0 amide bonds. The number of anilines is 1. The minimum absolute atomic E-state index is 0.729. The van der Waals surface area contributed by atoms with Crippen molar-refractivity contribution in [1.82, 2.24) is 10.3 Å². The predicted molar refractivity (Wildman–Crippen MR) is 83.2 cm³/mol. The van der Waals surface area contributed by atoms with Crippen molar-refractivity contribution in [3.05, 3.63) is 35.5 Å². The molecule has 2 aliphatic rings. The highest BCUT2D eigenvalue weighted by molar-refractivity contribution is 6.31. The highest BCUT2D eigenvalue weighted by Crippen LogP contribution is 2.55. The fourth-order valence-corrected chi connectivity index (χ4v) is 3.47. The molecule has 4 rings (SSSR count). The first kappa shape index (κ1) is 12.4. The fraction of sp³-hybridized carbons (Fsp3) is 0.438. The van der Waals surface area contributed by atoms with Crippen LogP contribution < -0.4 is 10.6 Å². The van der Waals surface area contributed by atoms with E-state index in [1.165, 1.54) is 12.8 Å². The molecule has 1 aromatic heterocycles. The topological polar surface area (TPSA) is 37.0 Å². The van der Waals surface area contributed by atoms with Crippen molar-refractivity contribution in [3.63, 3.8) is 0 Å². The van der Waals surface area contributed by atoms with Crippen molar-refractivity contribution < 1.29 is 0 Å². The zero-order valence-corrected chi connectivity index (χ0v) is 12.0. The number of fused-ring (bicyclic) bond motifs is 2. The lowest BCUT2D eigenvalue weighted by molar-refractivity contribution is 0.320. The summed E-state index contributed by atoms with van der Waals surface area (Å²) < 4.78 is 0. The minimum Gasteiger partial charge on any atom is -0.383 e. The van der Waals surface area contributed by atoms with E-state index in [-0.39, 0.29) is 0 Å². The number of halogens is 1. The van der Waals surface area contributed by atoms with Crippen molar-refractivity contribution in [3.8, 4) is 0 Å². The molecule has 1 unspecified atom stereocenters. The zero-order chi connectivity index (χ0) is 13.5. The zero-order valence-electron chi connectivity index (χ0n) is 11.3. The average Bonchev–Trinajstić information content (AvgIpc) is 3.09. The first-order valence-electron chi connectivity index (χ1n) is 7.33. The van der Waals surface area contributed by atoms with E-state index in [1.54, 1.807) is 0 Å². The Morgan fingerprint density at radius 1 is 1.20 bits per heavy atom. The van der Waals surface area contributed by atoms with Gasteiger partial charge in [0, 0.05) is 41.4 Å². The SMILES string of the molecule is Clc1ccc2c(NCCNC3C[C@H]4C[C@@H]34)ccnc2c1. The van der Waals surface area contributed by atoms with Gasteiger partial charge in [-0.15, -0.1) is 0 Å². The lowest BCUT2D eigenvalue weighted by Crippen LogP contribution is -2.40. The number of hydrogen-bond donors (Lipinski definition) is 2. The van der Waals surface area contributed by atoms with Crippen LogP contribution in [-0.2, 0) is 0 Å². The monoisotopic (exact) mass is 287 g/mol. The summed E-state index contributed by atoms with van der Waals surface area (Å²) in [5.74, 6) is 2.06. The van der Waals surface area contributed by atoms with Crippen LogP contribution in [0.1, 0.15) is 12.8 Å². The normalized spacial score (nSPS) is 26.9. The quantitative estimate of drug-likeness (QED) is 0.829. The van der Waals surface area contributed by atoms with Crippen molar-refractivity contribution in [2.75, 3.05) is 18.4 Å². The summed E-state index contributed by atoms with van der Waals surface area (Å²) in [6.45, 7) is 1.96. The highest BCUT2D eigenvalue weighted by atomic mass is 35.5. The van der Waals surface area contributed by atoms with Gasteiger partial charge in [0.1, 0.15) is 0 Å². The number of benzene rings is 1. The lowest BCUT2D eigenvalue weighted by atomic mass is 9.93. The van der Waals surface area contributed by atoms with E-state index in [1.807, 2.05) is 30.5 Å². The maximum Gasteiger partial charge on any atom is 0.0737 e. The van der Waals surface area contributed by atoms with E-state index < -0.39 is 0 Å². The smallest absolute Gasteiger partial charge is 0.0737 e. The Morgan fingerprint density at radius 2 is 2.15 bits per heavy atom. The van der Waals surface area contributed by atoms with Crippen LogP contribution in [0.2, 0.25) is 5.02 Å². The molecule has 2 aliphatic carbocycles. The Kier molecular flexibility index (Phi) is 3.04. The third-order valence-corrected chi connectivity index (χ3v) is 4.84. The molecule has 0 aliphatic heterocycles. The molecule has 3 atom stereocenters. The van der Waals surface area contributed by atoms with Gasteiger partial charge in [0.15, 0.2) is 0 Å². The Morgan fingerprint density at radius 3 is 2.95 bits per heavy atom. The molecule has 0 radical (unpaired) electrons. The molecule has 0 bridgehead atoms. The van der Waals surface area contributed by atoms with Gasteiger partial charge in [0.25, 0.3) is 0 Å². The van der Waals surface area contributed by atoms with Gasteiger partial charge < -0.3 is 10.6 Å². The molecule has 0 spiro atoms. The summed E-state index contributed by atoms with van der Waals surface area (Å²) in [6.07, 6.45) is 4.68. The van der Waals surface area contributed by atoms with Gasteiger partial charge in [-0.3, -0.25) is 4.98 Å². The Labute approximate surface area is 123 Å². The van der Waals surface area contributed by atoms with Crippen LogP contribution in [0.25, 0.3) is 10.9 Å². The fourth-order valence-electron chi connectivity index (χ4n) is 3.30. The van der Waals surface area contributed by atoms with Gasteiger partial charge in [-0.2, -0.15) is 0 Å². The molecule has 20 heavy (non-hydrogen) atoms. The van der Waals surface area contributed by atoms with Crippen LogP contribution in [0.15, 0.2) is 30.5 Å². The Balaban J connectivity index is 1.37. The molecule has 104 valence electrons. The van der Waals surface area contributed by atoms with Crippen LogP contribution in [0, 0.1) is 11.8 Å². The first-order valence-corrected chi connectivity index (χ1v) is 7.70. The number of hydrogen-bond acceptors (Lipinski definition) is 3.